The van der Waals surface area contributed by atoms with Crippen LogP contribution in [0.25, 0.3) is 0 Å². The van der Waals surface area contributed by atoms with Gasteiger partial charge < -0.3 is 6.58 Å². The van der Waals surface area contributed by atoms with Crippen molar-refractivity contribution in [2.45, 2.75) is 40.5 Å². The zero-order valence-electron chi connectivity index (χ0n) is 11.3. The molecule has 0 heterocycles. The first kappa shape index (κ1) is 21.5. The minimum Gasteiger partial charge on any atom is -0.521 e. The van der Waals surface area contributed by atoms with Crippen LogP contribution < -0.4 is 68.9 Å². The maximum Gasteiger partial charge on any atom is 1.00 e. The monoisotopic (exact) mass is 326 g/mol. The zero-order valence-corrected chi connectivity index (χ0v) is 17.5. The van der Waals surface area contributed by atoms with Gasteiger partial charge in [0, 0.05) is 5.92 Å². The van der Waals surface area contributed by atoms with E-state index in [-0.39, 0.29) is 68.9 Å². The Balaban J connectivity index is -0.000000258. The minimum atomic E-state index is 0. The first-order valence-corrected chi connectivity index (χ1v) is 5.40. The Kier molecular flexibility index (Phi) is 19.2. The predicted molar refractivity (Wildman–Crippen MR) is 67.1 cm³/mol. The summed E-state index contributed by atoms with van der Waals surface area (Å²) in [7, 11) is 0. The summed E-state index contributed by atoms with van der Waals surface area (Å²) in [6.45, 7) is 23.3. The fourth-order valence-electron chi connectivity index (χ4n) is 1.89. The van der Waals surface area contributed by atoms with Crippen LogP contribution in [0.15, 0.2) is 30.9 Å². The van der Waals surface area contributed by atoms with Crippen LogP contribution in [0.4, 0.5) is 0 Å². The van der Waals surface area contributed by atoms with Crippen molar-refractivity contribution in [1.82, 2.24) is 0 Å². The van der Waals surface area contributed by atoms with E-state index in [4.69, 9.17) is 0 Å². The van der Waals surface area contributed by atoms with Gasteiger partial charge in [0.25, 0.3) is 0 Å². The second-order valence-corrected chi connectivity index (χ2v) is 3.35. The van der Waals surface area contributed by atoms with E-state index in [1.165, 1.54) is 24.0 Å². The Bertz CT molecular complexity index is 174. The Hall–Kier alpha value is 1.27. The summed E-state index contributed by atoms with van der Waals surface area (Å²) in [5.74, 6) is 1.50. The van der Waals surface area contributed by atoms with E-state index >= 15 is 0 Å². The van der Waals surface area contributed by atoms with Crippen LogP contribution in [0.3, 0.4) is 0 Å². The van der Waals surface area contributed by atoms with Gasteiger partial charge in [-0.2, -0.15) is 0 Å². The van der Waals surface area contributed by atoms with Gasteiger partial charge in [-0.15, -0.1) is 0 Å². The van der Waals surface area contributed by atoms with Gasteiger partial charge in [0.1, 0.15) is 0 Å². The van der Waals surface area contributed by atoms with E-state index < -0.39 is 0 Å². The third-order valence-electron chi connectivity index (χ3n) is 2.49. The molecule has 0 nitrogen and oxygen atoms in total. The Morgan fingerprint density at radius 3 is 1.93 bits per heavy atom. The van der Waals surface area contributed by atoms with Gasteiger partial charge in [-0.05, 0) is 19.3 Å². The number of hydrogen-bond acceptors (Lipinski definition) is 0. The van der Waals surface area contributed by atoms with Crippen molar-refractivity contribution in [3.05, 3.63) is 37.5 Å². The molecule has 1 aliphatic carbocycles. The number of hydrogen-bond donors (Lipinski definition) is 0. The van der Waals surface area contributed by atoms with Gasteiger partial charge in [0.05, 0.1) is 0 Å². The zero-order chi connectivity index (χ0) is 11.7. The predicted octanol–water partition coefficient (Wildman–Crippen LogP) is 1.80. The standard InChI is InChI=1S/C10H16.C2H6.C2H3.Cs/c1-5-9-6-8(4)10(9)7(2)3;2*1-2;/h9-10H,2,4-6H2,1,3H3;1-2H3;1H,2H2;/q;;-1;+1/t9-,10+;;;/m1.../s1. The molecule has 1 rings (SSSR count). The second-order valence-electron chi connectivity index (χ2n) is 3.35. The third-order valence-corrected chi connectivity index (χ3v) is 2.49. The third kappa shape index (κ3) is 7.24. The molecule has 1 saturated carbocycles. The summed E-state index contributed by atoms with van der Waals surface area (Å²) in [6.07, 6.45) is 2.50. The maximum atomic E-state index is 4.25. The summed E-state index contributed by atoms with van der Waals surface area (Å²) in [4.78, 5) is 0. The first-order valence-electron chi connectivity index (χ1n) is 5.40. The topological polar surface area (TPSA) is 0 Å². The maximum absolute atomic E-state index is 4.25. The van der Waals surface area contributed by atoms with Crippen LogP contribution in [0.1, 0.15) is 40.5 Å². The second kappa shape index (κ2) is 13.3. The Morgan fingerprint density at radius 1 is 1.40 bits per heavy atom. The SMILES string of the molecule is C=C(C)[C@H]1C(=C)C[C@H]1CC.CC.[CH-]=C.[Cs+]. The average Bonchev–Trinajstić information content (AvgIpc) is 2.19. The number of allylic oxidation sites excluding steroid dienone is 2. The molecule has 0 N–H and O–H groups in total. The van der Waals surface area contributed by atoms with E-state index in [9.17, 15) is 0 Å². The van der Waals surface area contributed by atoms with Crippen LogP contribution in [-0.4, -0.2) is 0 Å². The van der Waals surface area contributed by atoms with Crippen molar-refractivity contribution in [2.75, 3.05) is 0 Å². The molecule has 1 heteroatoms. The van der Waals surface area contributed by atoms with Gasteiger partial charge >= 0.3 is 68.9 Å². The molecule has 0 aromatic heterocycles. The van der Waals surface area contributed by atoms with E-state index in [2.05, 4.69) is 40.2 Å². The molecule has 82 valence electrons. The molecule has 0 saturated heterocycles. The van der Waals surface area contributed by atoms with Crippen LogP contribution in [0, 0.1) is 18.4 Å². The van der Waals surface area contributed by atoms with E-state index in [1.54, 1.807) is 0 Å². The summed E-state index contributed by atoms with van der Waals surface area (Å²) >= 11 is 0. The molecule has 0 bridgehead atoms. The van der Waals surface area contributed by atoms with Gasteiger partial charge in [0.15, 0.2) is 0 Å². The van der Waals surface area contributed by atoms with Crippen LogP contribution >= 0.6 is 0 Å². The van der Waals surface area contributed by atoms with Crippen LogP contribution in [0.5, 0.6) is 0 Å². The summed E-state index contributed by atoms with van der Waals surface area (Å²) in [5.41, 5.74) is 2.68. The number of rotatable bonds is 2. The summed E-state index contributed by atoms with van der Waals surface area (Å²) < 4.78 is 0. The molecule has 0 aromatic carbocycles. The van der Waals surface area contributed by atoms with Gasteiger partial charge in [-0.3, -0.25) is 6.58 Å². The quantitative estimate of drug-likeness (QED) is 0.536. The fourth-order valence-corrected chi connectivity index (χ4v) is 1.89. The molecule has 0 aliphatic heterocycles. The molecule has 0 unspecified atom stereocenters. The van der Waals surface area contributed by atoms with E-state index in [0.29, 0.717) is 5.92 Å². The molecular formula is C14H25Cs. The van der Waals surface area contributed by atoms with Crippen molar-refractivity contribution in [3.63, 3.8) is 0 Å². The minimum absolute atomic E-state index is 0. The normalized spacial score (nSPS) is 21.7. The molecule has 2 atom stereocenters. The molecule has 0 radical (unpaired) electrons. The molecule has 0 spiro atoms. The van der Waals surface area contributed by atoms with Crippen LogP contribution in [-0.2, 0) is 0 Å². The molecule has 0 amide bonds. The van der Waals surface area contributed by atoms with Gasteiger partial charge in [-0.25, -0.2) is 0 Å². The molecule has 15 heavy (non-hydrogen) atoms. The summed E-state index contributed by atoms with van der Waals surface area (Å²) in [6, 6.07) is 0. The smallest absolute Gasteiger partial charge is 0.521 e. The fraction of sp³-hybridized carbons (Fsp3) is 0.571. The van der Waals surface area contributed by atoms with E-state index in [1.807, 2.05) is 13.8 Å². The van der Waals surface area contributed by atoms with Crippen molar-refractivity contribution in [1.29, 1.82) is 0 Å². The summed E-state index contributed by atoms with van der Waals surface area (Å²) in [5, 5.41) is 0. The van der Waals surface area contributed by atoms with Crippen LogP contribution in [0.2, 0.25) is 0 Å². The van der Waals surface area contributed by atoms with Crippen molar-refractivity contribution in [3.8, 4) is 0 Å². The Morgan fingerprint density at radius 2 is 1.80 bits per heavy atom. The first-order chi connectivity index (χ1) is 6.66. The van der Waals surface area contributed by atoms with Gasteiger partial charge in [-0.1, -0.05) is 51.5 Å². The molecule has 1 aliphatic rings. The Labute approximate surface area is 156 Å². The molecular weight excluding hydrogens is 301 g/mol. The largest absolute Gasteiger partial charge is 1.00 e. The van der Waals surface area contributed by atoms with Crippen molar-refractivity contribution >= 4 is 0 Å². The molecule has 0 aromatic rings. The van der Waals surface area contributed by atoms with Crippen molar-refractivity contribution in [2.24, 2.45) is 11.8 Å². The van der Waals surface area contributed by atoms with E-state index in [0.717, 1.165) is 5.92 Å². The van der Waals surface area contributed by atoms with Crippen molar-refractivity contribution < 1.29 is 68.9 Å². The average molecular weight is 326 g/mol. The molecule has 1 fully saturated rings. The van der Waals surface area contributed by atoms with Gasteiger partial charge in [0.2, 0.25) is 0 Å².